The maximum Gasteiger partial charge on any atom is 0.250 e. The molecule has 0 saturated heterocycles. The molecule has 0 unspecified atom stereocenters. The summed E-state index contributed by atoms with van der Waals surface area (Å²) in [6.07, 6.45) is 3.73. The first-order valence-electron chi connectivity index (χ1n) is 7.44. The second kappa shape index (κ2) is 9.89. The molecule has 2 rings (SSSR count). The minimum absolute atomic E-state index is 0.205. The van der Waals surface area contributed by atoms with Crippen LogP contribution in [0.2, 0.25) is 0 Å². The summed E-state index contributed by atoms with van der Waals surface area (Å²) in [6, 6.07) is 7.54. The van der Waals surface area contributed by atoms with E-state index in [1.54, 1.807) is 6.21 Å². The predicted octanol–water partition coefficient (Wildman–Crippen LogP) is 2.54. The third-order valence-electron chi connectivity index (χ3n) is 2.80. The van der Waals surface area contributed by atoms with E-state index in [4.69, 9.17) is 10.5 Å². The highest BCUT2D eigenvalue weighted by Crippen LogP contribution is 2.22. The van der Waals surface area contributed by atoms with Gasteiger partial charge in [0, 0.05) is 0 Å². The molecule has 1 heterocycles. The van der Waals surface area contributed by atoms with E-state index in [2.05, 4.69) is 27.6 Å². The molecule has 0 aliphatic rings. The molecule has 0 spiro atoms. The maximum absolute atomic E-state index is 11.7. The van der Waals surface area contributed by atoms with Crippen LogP contribution in [0.5, 0.6) is 5.75 Å². The number of anilines is 1. The Morgan fingerprint density at radius 1 is 1.42 bits per heavy atom. The van der Waals surface area contributed by atoms with Gasteiger partial charge in [-0.2, -0.15) is 5.10 Å². The number of ether oxygens (including phenoxy) is 1. The summed E-state index contributed by atoms with van der Waals surface area (Å²) in [4.78, 5) is 11.7. The van der Waals surface area contributed by atoms with Crippen LogP contribution in [-0.2, 0) is 4.79 Å². The third-order valence-corrected chi connectivity index (χ3v) is 4.68. The number of rotatable bonds is 9. The van der Waals surface area contributed by atoms with E-state index in [1.165, 1.54) is 23.1 Å². The van der Waals surface area contributed by atoms with E-state index in [1.807, 2.05) is 24.3 Å². The van der Waals surface area contributed by atoms with Crippen molar-refractivity contribution in [2.75, 3.05) is 18.1 Å². The van der Waals surface area contributed by atoms with Crippen LogP contribution in [0.4, 0.5) is 5.13 Å². The van der Waals surface area contributed by atoms with Crippen molar-refractivity contribution < 1.29 is 9.53 Å². The average Bonchev–Trinajstić information content (AvgIpc) is 3.00. The van der Waals surface area contributed by atoms with Crippen LogP contribution >= 0.6 is 23.1 Å². The first-order chi connectivity index (χ1) is 11.7. The Kier molecular flexibility index (Phi) is 7.50. The van der Waals surface area contributed by atoms with Gasteiger partial charge in [-0.1, -0.05) is 36.4 Å². The van der Waals surface area contributed by atoms with E-state index in [0.717, 1.165) is 30.8 Å². The molecule has 3 N–H and O–H groups in total. The van der Waals surface area contributed by atoms with E-state index >= 15 is 0 Å². The maximum atomic E-state index is 11.7. The van der Waals surface area contributed by atoms with Crippen LogP contribution < -0.4 is 15.9 Å². The number of nitrogen functional groups attached to an aromatic ring is 1. The summed E-state index contributed by atoms with van der Waals surface area (Å²) in [7, 11) is 0. The van der Waals surface area contributed by atoms with Crippen molar-refractivity contribution in [3.8, 4) is 5.75 Å². The van der Waals surface area contributed by atoms with Crippen molar-refractivity contribution in [3.05, 3.63) is 29.8 Å². The number of nitrogens with one attached hydrogen (secondary N) is 1. The number of hydrogen-bond acceptors (Lipinski definition) is 8. The minimum Gasteiger partial charge on any atom is -0.494 e. The van der Waals surface area contributed by atoms with Crippen molar-refractivity contribution in [1.29, 1.82) is 0 Å². The molecular formula is C15H19N5O2S2. The third kappa shape index (κ3) is 6.55. The average molecular weight is 365 g/mol. The normalized spacial score (nSPS) is 10.9. The zero-order valence-electron chi connectivity index (χ0n) is 13.3. The monoisotopic (exact) mass is 365 g/mol. The number of aromatic nitrogens is 2. The van der Waals surface area contributed by atoms with E-state index in [9.17, 15) is 4.79 Å². The standard InChI is InChI=1S/C15H19N5O2S2/c1-2-3-8-22-12-6-4-11(5-7-12)9-17-18-13(21)10-23-15-20-19-14(16)24-15/h4-7,9H,2-3,8,10H2,1H3,(H2,16,19)(H,18,21). The van der Waals surface area contributed by atoms with Gasteiger partial charge < -0.3 is 10.5 Å². The summed E-state index contributed by atoms with van der Waals surface area (Å²) in [6.45, 7) is 2.84. The number of benzene rings is 1. The summed E-state index contributed by atoms with van der Waals surface area (Å²) in [5.74, 6) is 0.817. The van der Waals surface area contributed by atoms with Crippen LogP contribution in [0.15, 0.2) is 33.7 Å². The molecule has 1 amide bonds. The molecule has 1 aromatic carbocycles. The van der Waals surface area contributed by atoms with Gasteiger partial charge in [0.1, 0.15) is 5.75 Å². The Morgan fingerprint density at radius 3 is 2.88 bits per heavy atom. The molecule has 0 fully saturated rings. The summed E-state index contributed by atoms with van der Waals surface area (Å²) in [5, 5.41) is 11.8. The van der Waals surface area contributed by atoms with Gasteiger partial charge in [0.05, 0.1) is 18.6 Å². The highest BCUT2D eigenvalue weighted by molar-refractivity contribution is 8.01. The Bertz CT molecular complexity index is 673. The largest absolute Gasteiger partial charge is 0.494 e. The lowest BCUT2D eigenvalue weighted by Crippen LogP contribution is -2.19. The molecule has 128 valence electrons. The number of hydrogen-bond donors (Lipinski definition) is 2. The Hall–Kier alpha value is -2.13. The summed E-state index contributed by atoms with van der Waals surface area (Å²) >= 11 is 2.52. The first-order valence-corrected chi connectivity index (χ1v) is 9.24. The highest BCUT2D eigenvalue weighted by atomic mass is 32.2. The van der Waals surface area contributed by atoms with Crippen molar-refractivity contribution in [1.82, 2.24) is 15.6 Å². The molecule has 9 heteroatoms. The number of carbonyl (C=O) groups is 1. The van der Waals surface area contributed by atoms with E-state index in [-0.39, 0.29) is 11.7 Å². The van der Waals surface area contributed by atoms with Crippen molar-refractivity contribution in [2.24, 2.45) is 5.10 Å². The van der Waals surface area contributed by atoms with Crippen LogP contribution in [0.25, 0.3) is 0 Å². The molecule has 0 radical (unpaired) electrons. The second-order valence-electron chi connectivity index (χ2n) is 4.76. The Labute approximate surface area is 148 Å². The lowest BCUT2D eigenvalue weighted by atomic mass is 10.2. The molecule has 2 aromatic rings. The Morgan fingerprint density at radius 2 is 2.21 bits per heavy atom. The summed E-state index contributed by atoms with van der Waals surface area (Å²) in [5.41, 5.74) is 8.82. The smallest absolute Gasteiger partial charge is 0.250 e. The number of nitrogens with zero attached hydrogens (tertiary/aromatic N) is 3. The molecule has 1 aromatic heterocycles. The summed E-state index contributed by atoms with van der Waals surface area (Å²) < 4.78 is 6.24. The zero-order chi connectivity index (χ0) is 17.2. The highest BCUT2D eigenvalue weighted by Gasteiger charge is 2.05. The molecule has 0 bridgehead atoms. The fourth-order valence-corrected chi connectivity index (χ4v) is 3.03. The fourth-order valence-electron chi connectivity index (χ4n) is 1.60. The van der Waals surface area contributed by atoms with Gasteiger partial charge in [-0.15, -0.1) is 10.2 Å². The van der Waals surface area contributed by atoms with E-state index < -0.39 is 0 Å². The van der Waals surface area contributed by atoms with Crippen molar-refractivity contribution >= 4 is 40.4 Å². The van der Waals surface area contributed by atoms with Gasteiger partial charge in [0.25, 0.3) is 5.91 Å². The van der Waals surface area contributed by atoms with Gasteiger partial charge >= 0.3 is 0 Å². The molecule has 0 aliphatic carbocycles. The lowest BCUT2D eigenvalue weighted by Gasteiger charge is -2.04. The van der Waals surface area contributed by atoms with Gasteiger partial charge in [0.2, 0.25) is 5.13 Å². The molecule has 0 aliphatic heterocycles. The van der Waals surface area contributed by atoms with Crippen LogP contribution in [0, 0.1) is 0 Å². The molecule has 0 saturated carbocycles. The van der Waals surface area contributed by atoms with Gasteiger partial charge in [0.15, 0.2) is 4.34 Å². The molecule has 0 atom stereocenters. The number of hydrazone groups is 1. The molecule has 24 heavy (non-hydrogen) atoms. The topological polar surface area (TPSA) is 102 Å². The number of thioether (sulfide) groups is 1. The van der Waals surface area contributed by atoms with Crippen molar-refractivity contribution in [3.63, 3.8) is 0 Å². The zero-order valence-corrected chi connectivity index (χ0v) is 14.9. The minimum atomic E-state index is -0.218. The number of carbonyl (C=O) groups excluding carboxylic acids is 1. The molecular weight excluding hydrogens is 346 g/mol. The Balaban J connectivity index is 1.71. The van der Waals surface area contributed by atoms with Crippen LogP contribution in [0.1, 0.15) is 25.3 Å². The SMILES string of the molecule is CCCCOc1ccc(C=NNC(=O)CSc2nnc(N)s2)cc1. The van der Waals surface area contributed by atoms with E-state index in [0.29, 0.717) is 9.47 Å². The first kappa shape index (κ1) is 18.2. The number of amides is 1. The van der Waals surface area contributed by atoms with Gasteiger partial charge in [-0.3, -0.25) is 4.79 Å². The second-order valence-corrected chi connectivity index (χ2v) is 6.99. The van der Waals surface area contributed by atoms with Crippen LogP contribution in [-0.4, -0.2) is 34.7 Å². The fraction of sp³-hybridized carbons (Fsp3) is 0.333. The van der Waals surface area contributed by atoms with Crippen molar-refractivity contribution in [2.45, 2.75) is 24.1 Å². The van der Waals surface area contributed by atoms with Gasteiger partial charge in [-0.25, -0.2) is 5.43 Å². The van der Waals surface area contributed by atoms with Gasteiger partial charge in [-0.05, 0) is 36.2 Å². The van der Waals surface area contributed by atoms with Crippen LogP contribution in [0.3, 0.4) is 0 Å². The quantitative estimate of drug-likeness (QED) is 0.306. The lowest BCUT2D eigenvalue weighted by molar-refractivity contribution is -0.118. The number of unbranched alkanes of at least 4 members (excludes halogenated alkanes) is 1. The number of nitrogens with two attached hydrogens (primary N) is 1. The molecule has 7 nitrogen and oxygen atoms in total. The predicted molar refractivity (Wildman–Crippen MR) is 97.6 cm³/mol.